The number of fused-ring (bicyclic) bond motifs is 2. The van der Waals surface area contributed by atoms with Crippen LogP contribution in [-0.2, 0) is 22.3 Å². The van der Waals surface area contributed by atoms with Crippen molar-refractivity contribution in [1.82, 2.24) is 0 Å². The fourth-order valence-corrected chi connectivity index (χ4v) is 3.67. The number of unbranched alkanes of at least 4 members (excludes halogenated alkanes) is 2. The number of ether oxygens (including phenoxy) is 4. The van der Waals surface area contributed by atoms with Gasteiger partial charge in [-0.3, -0.25) is 0 Å². The Morgan fingerprint density at radius 3 is 1.60 bits per heavy atom. The first-order valence-corrected chi connectivity index (χ1v) is 10.9. The van der Waals surface area contributed by atoms with Crippen LogP contribution in [0.4, 0.5) is 9.59 Å². The van der Waals surface area contributed by atoms with Gasteiger partial charge in [-0.05, 0) is 38.5 Å². The molecule has 0 N–H and O–H groups in total. The fourth-order valence-electron chi connectivity index (χ4n) is 3.67. The predicted octanol–water partition coefficient (Wildman–Crippen LogP) is 6.35. The Bertz CT molecular complexity index is 816. The van der Waals surface area contributed by atoms with E-state index in [1.54, 1.807) is 0 Å². The van der Waals surface area contributed by atoms with Crippen LogP contribution in [0.15, 0.2) is 24.3 Å². The van der Waals surface area contributed by atoms with Gasteiger partial charge in [0.25, 0.3) is 0 Å². The summed E-state index contributed by atoms with van der Waals surface area (Å²) in [6, 6.07) is 7.48. The van der Waals surface area contributed by atoms with Crippen LogP contribution in [0.3, 0.4) is 0 Å². The molecule has 1 aliphatic rings. The number of hydrogen-bond acceptors (Lipinski definition) is 6. The molecule has 0 spiro atoms. The summed E-state index contributed by atoms with van der Waals surface area (Å²) in [5.41, 5.74) is 1.81. The van der Waals surface area contributed by atoms with Crippen molar-refractivity contribution >= 4 is 23.1 Å². The maximum atomic E-state index is 12.3. The third-order valence-corrected chi connectivity index (χ3v) is 5.24. The number of benzene rings is 2. The highest BCUT2D eigenvalue weighted by molar-refractivity contribution is 5.98. The number of rotatable bonds is 8. The molecule has 0 fully saturated rings. The van der Waals surface area contributed by atoms with Crippen molar-refractivity contribution in [3.05, 3.63) is 35.4 Å². The van der Waals surface area contributed by atoms with E-state index < -0.39 is 12.3 Å². The summed E-state index contributed by atoms with van der Waals surface area (Å²) in [7, 11) is 0. The first-order chi connectivity index (χ1) is 14.7. The van der Waals surface area contributed by atoms with E-state index in [0.717, 1.165) is 73.3 Å². The van der Waals surface area contributed by atoms with Gasteiger partial charge < -0.3 is 18.9 Å². The van der Waals surface area contributed by atoms with Crippen LogP contribution in [0.5, 0.6) is 11.5 Å². The summed E-state index contributed by atoms with van der Waals surface area (Å²) >= 11 is 0. The maximum absolute atomic E-state index is 12.3. The van der Waals surface area contributed by atoms with E-state index in [4.69, 9.17) is 18.9 Å². The molecule has 0 heterocycles. The molecule has 1 aliphatic carbocycles. The van der Waals surface area contributed by atoms with Gasteiger partial charge >= 0.3 is 12.3 Å². The van der Waals surface area contributed by atoms with Gasteiger partial charge in [0.05, 0.1) is 13.2 Å². The molecular formula is C24H30O6. The molecule has 0 bridgehead atoms. The Kier molecular flexibility index (Phi) is 7.94. The van der Waals surface area contributed by atoms with E-state index in [2.05, 4.69) is 0 Å². The van der Waals surface area contributed by atoms with Gasteiger partial charge in [-0.1, -0.05) is 51.0 Å². The zero-order chi connectivity index (χ0) is 21.3. The van der Waals surface area contributed by atoms with E-state index >= 15 is 0 Å². The zero-order valence-corrected chi connectivity index (χ0v) is 17.8. The number of carbonyl (C=O) groups is 2. The average Bonchev–Trinajstić information content (AvgIpc) is 2.76. The minimum absolute atomic E-state index is 0.334. The number of carbonyl (C=O) groups excluding carboxylic acids is 2. The van der Waals surface area contributed by atoms with Crippen LogP contribution < -0.4 is 9.47 Å². The minimum Gasteiger partial charge on any atom is -0.434 e. The molecule has 0 aliphatic heterocycles. The molecule has 0 amide bonds. The molecule has 6 nitrogen and oxygen atoms in total. The first kappa shape index (κ1) is 21.9. The molecule has 0 radical (unpaired) electrons. The van der Waals surface area contributed by atoms with Crippen molar-refractivity contribution in [3.8, 4) is 11.5 Å². The summed E-state index contributed by atoms with van der Waals surface area (Å²) < 4.78 is 21.8. The first-order valence-electron chi connectivity index (χ1n) is 10.9. The van der Waals surface area contributed by atoms with Crippen LogP contribution in [-0.4, -0.2) is 25.5 Å². The molecule has 2 aromatic rings. The molecule has 30 heavy (non-hydrogen) atoms. The summed E-state index contributed by atoms with van der Waals surface area (Å²) in [4.78, 5) is 24.6. The highest BCUT2D eigenvalue weighted by atomic mass is 16.7. The minimum atomic E-state index is -0.700. The van der Waals surface area contributed by atoms with Crippen LogP contribution in [0.1, 0.15) is 63.5 Å². The molecule has 0 aromatic heterocycles. The quantitative estimate of drug-likeness (QED) is 0.285. The Morgan fingerprint density at radius 2 is 1.20 bits per heavy atom. The molecule has 0 atom stereocenters. The molecule has 2 aromatic carbocycles. The van der Waals surface area contributed by atoms with Gasteiger partial charge in [0.15, 0.2) is 0 Å². The lowest BCUT2D eigenvalue weighted by atomic mass is 9.87. The molecule has 0 saturated carbocycles. The molecule has 162 valence electrons. The normalized spacial score (nSPS) is 12.9. The van der Waals surface area contributed by atoms with E-state index in [1.165, 1.54) is 0 Å². The molecule has 0 saturated heterocycles. The molecule has 0 unspecified atom stereocenters. The third-order valence-electron chi connectivity index (χ3n) is 5.24. The topological polar surface area (TPSA) is 71.1 Å². The lowest BCUT2D eigenvalue weighted by molar-refractivity contribution is 0.0956. The van der Waals surface area contributed by atoms with Crippen molar-refractivity contribution in [3.63, 3.8) is 0 Å². The molecule has 3 rings (SSSR count). The van der Waals surface area contributed by atoms with Crippen molar-refractivity contribution in [1.29, 1.82) is 0 Å². The van der Waals surface area contributed by atoms with Gasteiger partial charge in [-0.2, -0.15) is 0 Å². The predicted molar refractivity (Wildman–Crippen MR) is 114 cm³/mol. The van der Waals surface area contributed by atoms with Crippen molar-refractivity contribution < 1.29 is 28.5 Å². The van der Waals surface area contributed by atoms with E-state index in [1.807, 2.05) is 38.1 Å². The Hall–Kier alpha value is -2.76. The highest BCUT2D eigenvalue weighted by Crippen LogP contribution is 2.44. The molecule has 6 heteroatoms. The zero-order valence-electron chi connectivity index (χ0n) is 17.8. The smallest absolute Gasteiger partial charge is 0.434 e. The third kappa shape index (κ3) is 5.23. The maximum Gasteiger partial charge on any atom is 0.513 e. The molecular weight excluding hydrogens is 384 g/mol. The largest absolute Gasteiger partial charge is 0.513 e. The van der Waals surface area contributed by atoms with Crippen LogP contribution >= 0.6 is 0 Å². The van der Waals surface area contributed by atoms with E-state index in [9.17, 15) is 9.59 Å². The van der Waals surface area contributed by atoms with Gasteiger partial charge in [-0.25, -0.2) is 9.59 Å². The lowest BCUT2D eigenvalue weighted by Crippen LogP contribution is -2.17. The summed E-state index contributed by atoms with van der Waals surface area (Å²) in [6.45, 7) is 4.73. The van der Waals surface area contributed by atoms with Crippen molar-refractivity contribution in [2.75, 3.05) is 13.2 Å². The summed E-state index contributed by atoms with van der Waals surface area (Å²) in [6.07, 6.45) is 5.51. The Morgan fingerprint density at radius 1 is 0.767 bits per heavy atom. The van der Waals surface area contributed by atoms with E-state index in [-0.39, 0.29) is 0 Å². The van der Waals surface area contributed by atoms with Crippen LogP contribution in [0, 0.1) is 0 Å². The van der Waals surface area contributed by atoms with Crippen molar-refractivity contribution in [2.24, 2.45) is 0 Å². The second-order valence-electron chi connectivity index (χ2n) is 7.48. The summed E-state index contributed by atoms with van der Waals surface area (Å²) in [5.74, 6) is 1.02. The fraction of sp³-hybridized carbons (Fsp3) is 0.500. The van der Waals surface area contributed by atoms with Gasteiger partial charge in [0.2, 0.25) is 0 Å². The summed E-state index contributed by atoms with van der Waals surface area (Å²) in [5, 5.41) is 1.45. The van der Waals surface area contributed by atoms with E-state index in [0.29, 0.717) is 24.7 Å². The van der Waals surface area contributed by atoms with Gasteiger partial charge in [-0.15, -0.1) is 0 Å². The number of hydrogen-bond donors (Lipinski definition) is 0. The lowest BCUT2D eigenvalue weighted by Gasteiger charge is -2.24. The second-order valence-corrected chi connectivity index (χ2v) is 7.48. The highest BCUT2D eigenvalue weighted by Gasteiger charge is 2.27. The Labute approximate surface area is 177 Å². The Balaban J connectivity index is 1.96. The second kappa shape index (κ2) is 10.9. The van der Waals surface area contributed by atoms with Crippen molar-refractivity contribution in [2.45, 2.75) is 65.2 Å². The average molecular weight is 414 g/mol. The van der Waals surface area contributed by atoms with Gasteiger partial charge in [0.1, 0.15) is 11.5 Å². The monoisotopic (exact) mass is 414 g/mol. The SMILES string of the molecule is CCCCOC(=O)Oc1c2c(c(OC(=O)OCCCC)c3ccccc13)CCCC2. The van der Waals surface area contributed by atoms with Crippen LogP contribution in [0.2, 0.25) is 0 Å². The van der Waals surface area contributed by atoms with Gasteiger partial charge in [0, 0.05) is 21.9 Å². The standard InChI is InChI=1S/C24H30O6/c1-3-5-15-27-23(25)29-21-17-11-7-9-13-19(17)22(20-14-10-8-12-18(20)21)30-24(26)28-16-6-4-2/h7,9,11,13H,3-6,8,10,12,14-16H2,1-2H3. The van der Waals surface area contributed by atoms with Crippen LogP contribution in [0.25, 0.3) is 10.8 Å².